The maximum Gasteiger partial charge on any atom is 0.272 e. The molecular formula is C25H25N5O4. The molecule has 2 aliphatic rings. The largest absolute Gasteiger partial charge is 0.350 e. The van der Waals surface area contributed by atoms with Gasteiger partial charge in [0.25, 0.3) is 11.8 Å². The van der Waals surface area contributed by atoms with Gasteiger partial charge in [-0.1, -0.05) is 13.0 Å². The number of aryl methyl sites for hydroxylation is 1. The molecule has 9 nitrogen and oxygen atoms in total. The molecule has 3 aromatic rings. The van der Waals surface area contributed by atoms with E-state index in [0.717, 1.165) is 27.6 Å². The number of carbonyl (C=O) groups is 4. The molecule has 2 aromatic carbocycles. The summed E-state index contributed by atoms with van der Waals surface area (Å²) >= 11 is 0. The Labute approximate surface area is 195 Å². The van der Waals surface area contributed by atoms with E-state index in [9.17, 15) is 19.2 Å². The van der Waals surface area contributed by atoms with Gasteiger partial charge in [0.1, 0.15) is 11.7 Å². The number of H-pyrrole nitrogens is 1. The minimum Gasteiger partial charge on any atom is -0.350 e. The van der Waals surface area contributed by atoms with E-state index in [1.807, 2.05) is 25.1 Å². The number of hydrogen-bond acceptors (Lipinski definition) is 5. The molecule has 5 rings (SSSR count). The summed E-state index contributed by atoms with van der Waals surface area (Å²) in [5.41, 5.74) is 10.8. The van der Waals surface area contributed by atoms with Gasteiger partial charge in [-0.15, -0.1) is 0 Å². The third kappa shape index (κ3) is 3.63. The molecule has 0 spiro atoms. The summed E-state index contributed by atoms with van der Waals surface area (Å²) in [6, 6.07) is 10.3. The van der Waals surface area contributed by atoms with Crippen molar-refractivity contribution >= 4 is 40.2 Å². The number of aromatic nitrogens is 1. The van der Waals surface area contributed by atoms with Crippen molar-refractivity contribution in [3.63, 3.8) is 0 Å². The van der Waals surface area contributed by atoms with Gasteiger partial charge < -0.3 is 20.9 Å². The highest BCUT2D eigenvalue weighted by molar-refractivity contribution is 6.09. The fourth-order valence-electron chi connectivity index (χ4n) is 4.83. The van der Waals surface area contributed by atoms with E-state index in [-0.39, 0.29) is 30.7 Å². The number of nitrogens with zero attached hydrogens (tertiary/aromatic N) is 1. The predicted molar refractivity (Wildman–Crippen MR) is 126 cm³/mol. The lowest BCUT2D eigenvalue weighted by Gasteiger charge is -2.29. The first-order valence-electron chi connectivity index (χ1n) is 11.3. The van der Waals surface area contributed by atoms with Gasteiger partial charge in [-0.3, -0.25) is 24.5 Å². The summed E-state index contributed by atoms with van der Waals surface area (Å²) < 4.78 is 0. The molecule has 0 saturated carbocycles. The zero-order chi connectivity index (χ0) is 24.0. The molecule has 9 heteroatoms. The average Bonchev–Trinajstić information content (AvgIpc) is 3.35. The SMILES string of the molecule is CCc1c(C(=O)Nc2ccc3c(c2)CN(C2CCC(=O)NC2=O)C3=O)[nH]c2ccc(CN)cc12. The Bertz CT molecular complexity index is 1360. The quantitative estimate of drug-likeness (QED) is 0.434. The van der Waals surface area contributed by atoms with Gasteiger partial charge in [-0.2, -0.15) is 0 Å². The first-order valence-corrected chi connectivity index (χ1v) is 11.3. The molecule has 4 amide bonds. The number of rotatable bonds is 5. The van der Waals surface area contributed by atoms with Gasteiger partial charge in [0, 0.05) is 41.7 Å². The van der Waals surface area contributed by atoms with E-state index < -0.39 is 11.9 Å². The summed E-state index contributed by atoms with van der Waals surface area (Å²) in [4.78, 5) is 54.4. The lowest BCUT2D eigenvalue weighted by atomic mass is 10.0. The summed E-state index contributed by atoms with van der Waals surface area (Å²) in [6.07, 6.45) is 1.19. The maximum absolute atomic E-state index is 13.1. The Hall–Kier alpha value is -3.98. The second-order valence-electron chi connectivity index (χ2n) is 8.64. The predicted octanol–water partition coefficient (Wildman–Crippen LogP) is 2.20. The van der Waals surface area contributed by atoms with Gasteiger partial charge in [0.05, 0.1) is 0 Å². The van der Waals surface area contributed by atoms with Crippen LogP contribution >= 0.6 is 0 Å². The second-order valence-corrected chi connectivity index (χ2v) is 8.64. The number of imide groups is 1. The first-order chi connectivity index (χ1) is 16.4. The topological polar surface area (TPSA) is 137 Å². The van der Waals surface area contributed by atoms with E-state index in [2.05, 4.69) is 15.6 Å². The molecule has 1 aromatic heterocycles. The molecule has 34 heavy (non-hydrogen) atoms. The summed E-state index contributed by atoms with van der Waals surface area (Å²) in [6.45, 7) is 2.67. The van der Waals surface area contributed by atoms with Crippen LogP contribution in [0, 0.1) is 0 Å². The van der Waals surface area contributed by atoms with E-state index in [1.165, 1.54) is 4.90 Å². The van der Waals surface area contributed by atoms with Gasteiger partial charge in [0.2, 0.25) is 11.8 Å². The molecule has 2 aliphatic heterocycles. The van der Waals surface area contributed by atoms with Crippen LogP contribution < -0.4 is 16.4 Å². The molecule has 1 atom stereocenters. The molecule has 0 bridgehead atoms. The number of nitrogens with two attached hydrogens (primary N) is 1. The molecule has 0 aliphatic carbocycles. The highest BCUT2D eigenvalue weighted by Crippen LogP contribution is 2.30. The Kier molecular flexibility index (Phi) is 5.41. The maximum atomic E-state index is 13.1. The Morgan fingerprint density at radius 1 is 1.18 bits per heavy atom. The minimum absolute atomic E-state index is 0.203. The molecular weight excluding hydrogens is 434 g/mol. The van der Waals surface area contributed by atoms with Crippen LogP contribution in [0.15, 0.2) is 36.4 Å². The number of fused-ring (bicyclic) bond motifs is 2. The van der Waals surface area contributed by atoms with E-state index >= 15 is 0 Å². The summed E-state index contributed by atoms with van der Waals surface area (Å²) in [7, 11) is 0. The minimum atomic E-state index is -0.674. The van der Waals surface area contributed by atoms with E-state index in [0.29, 0.717) is 36.3 Å². The molecule has 1 unspecified atom stereocenters. The monoisotopic (exact) mass is 459 g/mol. The highest BCUT2D eigenvalue weighted by Gasteiger charge is 2.39. The van der Waals surface area contributed by atoms with Crippen molar-refractivity contribution in [2.24, 2.45) is 5.73 Å². The van der Waals surface area contributed by atoms with Crippen molar-refractivity contribution in [1.29, 1.82) is 0 Å². The number of carbonyl (C=O) groups excluding carboxylic acids is 4. The number of aromatic amines is 1. The van der Waals surface area contributed by atoms with Crippen LogP contribution in [0.25, 0.3) is 10.9 Å². The van der Waals surface area contributed by atoms with Crippen molar-refractivity contribution in [1.82, 2.24) is 15.2 Å². The molecule has 174 valence electrons. The van der Waals surface area contributed by atoms with Gasteiger partial charge in [-0.05, 0) is 59.9 Å². The average molecular weight is 460 g/mol. The van der Waals surface area contributed by atoms with Crippen molar-refractivity contribution in [2.45, 2.75) is 45.3 Å². The smallest absolute Gasteiger partial charge is 0.272 e. The zero-order valence-electron chi connectivity index (χ0n) is 18.7. The van der Waals surface area contributed by atoms with Gasteiger partial charge >= 0.3 is 0 Å². The lowest BCUT2D eigenvalue weighted by molar-refractivity contribution is -0.136. The number of hydrogen-bond donors (Lipinski definition) is 4. The van der Waals surface area contributed by atoms with Crippen LogP contribution in [-0.4, -0.2) is 39.6 Å². The van der Waals surface area contributed by atoms with E-state index in [4.69, 9.17) is 5.73 Å². The summed E-state index contributed by atoms with van der Waals surface area (Å²) in [5.74, 6) is -1.29. The Morgan fingerprint density at radius 2 is 2.00 bits per heavy atom. The van der Waals surface area contributed by atoms with Gasteiger partial charge in [0.15, 0.2) is 0 Å². The van der Waals surface area contributed by atoms with Crippen LogP contribution in [0.4, 0.5) is 5.69 Å². The molecule has 1 fully saturated rings. The number of benzene rings is 2. The molecule has 1 saturated heterocycles. The molecule has 3 heterocycles. The number of nitrogens with one attached hydrogen (secondary N) is 3. The number of piperidine rings is 1. The van der Waals surface area contributed by atoms with Crippen molar-refractivity contribution in [2.75, 3.05) is 5.32 Å². The van der Waals surface area contributed by atoms with Crippen molar-refractivity contribution < 1.29 is 19.2 Å². The van der Waals surface area contributed by atoms with Crippen LogP contribution in [0.2, 0.25) is 0 Å². The number of anilines is 1. The van der Waals surface area contributed by atoms with Crippen molar-refractivity contribution in [3.8, 4) is 0 Å². The fourth-order valence-corrected chi connectivity index (χ4v) is 4.83. The number of amides is 4. The fraction of sp³-hybridized carbons (Fsp3) is 0.280. The van der Waals surface area contributed by atoms with E-state index in [1.54, 1.807) is 18.2 Å². The Morgan fingerprint density at radius 3 is 2.74 bits per heavy atom. The molecule has 0 radical (unpaired) electrons. The van der Waals surface area contributed by atoms with Crippen LogP contribution in [0.5, 0.6) is 0 Å². The second kappa shape index (κ2) is 8.42. The first kappa shape index (κ1) is 21.8. The summed E-state index contributed by atoms with van der Waals surface area (Å²) in [5, 5.41) is 6.21. The van der Waals surface area contributed by atoms with Crippen LogP contribution in [0.1, 0.15) is 57.3 Å². The zero-order valence-corrected chi connectivity index (χ0v) is 18.7. The lowest BCUT2D eigenvalue weighted by Crippen LogP contribution is -2.52. The van der Waals surface area contributed by atoms with Crippen molar-refractivity contribution in [3.05, 3.63) is 64.3 Å². The Balaban J connectivity index is 1.38. The third-order valence-electron chi connectivity index (χ3n) is 6.57. The highest BCUT2D eigenvalue weighted by atomic mass is 16.2. The van der Waals surface area contributed by atoms with Gasteiger partial charge in [-0.25, -0.2) is 0 Å². The van der Waals surface area contributed by atoms with Crippen LogP contribution in [0.3, 0.4) is 0 Å². The standard InChI is InChI=1S/C25H25N5O4/c1-2-16-18-9-13(11-26)3-6-19(18)28-22(16)24(33)27-15-4-5-17-14(10-15)12-30(25(17)34)20-7-8-21(31)29-23(20)32/h3-6,9-10,20,28H,2,7-8,11-12,26H2,1H3,(H,27,33)(H,29,31,32). The van der Waals surface area contributed by atoms with Crippen LogP contribution in [-0.2, 0) is 29.1 Å². The molecule has 5 N–H and O–H groups in total. The normalized spacial score (nSPS) is 17.8. The third-order valence-corrected chi connectivity index (χ3v) is 6.57.